The lowest BCUT2D eigenvalue weighted by atomic mass is 9.94. The highest BCUT2D eigenvalue weighted by atomic mass is 32.2. The Labute approximate surface area is 201 Å². The standard InChI is InChI=1S/C25H25N3O5S.2H2/c1-16(2)28-34(30,31)19-9-6-17(7-10-19)20-4-3-5-23(26-20)27-24(29)25(12-13-25)18-8-11-21-22(14-18)33-15-32-21;;/h3-11,14,16,28H,12-13,15H2,1-2H3,(H,26,27,29);2*1H. The molecular formula is C25H29N3O5S. The molecule has 3 aromatic rings. The van der Waals surface area contributed by atoms with Crippen LogP contribution in [-0.2, 0) is 20.2 Å². The van der Waals surface area contributed by atoms with Crippen molar-refractivity contribution in [2.75, 3.05) is 12.1 Å². The van der Waals surface area contributed by atoms with Gasteiger partial charge in [-0.15, -0.1) is 0 Å². The van der Waals surface area contributed by atoms with Crippen LogP contribution in [-0.4, -0.2) is 32.1 Å². The highest BCUT2D eigenvalue weighted by molar-refractivity contribution is 7.89. The number of benzene rings is 2. The molecular weight excluding hydrogens is 454 g/mol. The smallest absolute Gasteiger partial charge is 0.240 e. The van der Waals surface area contributed by atoms with Crippen molar-refractivity contribution in [1.82, 2.24) is 9.71 Å². The van der Waals surface area contributed by atoms with Crippen LogP contribution in [0, 0.1) is 0 Å². The van der Waals surface area contributed by atoms with Crippen molar-refractivity contribution < 1.29 is 25.5 Å². The number of carbonyl (C=O) groups is 1. The van der Waals surface area contributed by atoms with Gasteiger partial charge in [-0.3, -0.25) is 4.79 Å². The third kappa shape index (κ3) is 4.24. The molecule has 1 aromatic heterocycles. The monoisotopic (exact) mass is 483 g/mol. The molecule has 9 heteroatoms. The Bertz CT molecular complexity index is 1360. The van der Waals surface area contributed by atoms with Crippen molar-refractivity contribution >= 4 is 21.7 Å². The number of carbonyl (C=O) groups excluding carboxylic acids is 1. The van der Waals surface area contributed by atoms with E-state index in [1.807, 2.05) is 30.3 Å². The van der Waals surface area contributed by atoms with Crippen LogP contribution in [0.5, 0.6) is 11.5 Å². The number of nitrogens with zero attached hydrogens (tertiary/aromatic N) is 1. The van der Waals surface area contributed by atoms with Crippen LogP contribution in [0.25, 0.3) is 11.3 Å². The maximum absolute atomic E-state index is 13.2. The maximum Gasteiger partial charge on any atom is 0.240 e. The zero-order valence-corrected chi connectivity index (χ0v) is 19.7. The van der Waals surface area contributed by atoms with Crippen LogP contribution in [0.1, 0.15) is 35.1 Å². The number of sulfonamides is 1. The van der Waals surface area contributed by atoms with E-state index in [4.69, 9.17) is 9.47 Å². The number of hydrogen-bond donors (Lipinski definition) is 2. The van der Waals surface area contributed by atoms with Gasteiger partial charge in [-0.25, -0.2) is 18.1 Å². The summed E-state index contributed by atoms with van der Waals surface area (Å²) in [4.78, 5) is 18.0. The van der Waals surface area contributed by atoms with Gasteiger partial charge >= 0.3 is 0 Å². The minimum Gasteiger partial charge on any atom is -0.454 e. The first kappa shape index (κ1) is 22.4. The van der Waals surface area contributed by atoms with Gasteiger partial charge in [0.05, 0.1) is 16.0 Å². The van der Waals surface area contributed by atoms with E-state index >= 15 is 0 Å². The minimum absolute atomic E-state index is 0. The molecule has 180 valence electrons. The van der Waals surface area contributed by atoms with Gasteiger partial charge in [-0.2, -0.15) is 0 Å². The van der Waals surface area contributed by atoms with Crippen molar-refractivity contribution in [2.24, 2.45) is 0 Å². The van der Waals surface area contributed by atoms with Crippen molar-refractivity contribution in [3.05, 3.63) is 66.2 Å². The van der Waals surface area contributed by atoms with E-state index in [2.05, 4.69) is 15.0 Å². The first-order valence-corrected chi connectivity index (χ1v) is 12.6. The zero-order chi connectivity index (χ0) is 23.9. The molecule has 2 N–H and O–H groups in total. The predicted molar refractivity (Wildman–Crippen MR) is 131 cm³/mol. The van der Waals surface area contributed by atoms with Crippen LogP contribution in [0.4, 0.5) is 5.82 Å². The molecule has 2 aliphatic rings. The van der Waals surface area contributed by atoms with E-state index < -0.39 is 15.4 Å². The first-order chi connectivity index (χ1) is 16.3. The van der Waals surface area contributed by atoms with Crippen molar-refractivity contribution in [3.8, 4) is 22.8 Å². The molecule has 0 spiro atoms. The molecule has 0 atom stereocenters. The molecule has 0 saturated heterocycles. The molecule has 1 amide bonds. The highest BCUT2D eigenvalue weighted by Gasteiger charge is 2.51. The molecule has 1 saturated carbocycles. The zero-order valence-electron chi connectivity index (χ0n) is 18.9. The van der Waals surface area contributed by atoms with E-state index in [9.17, 15) is 13.2 Å². The number of nitrogens with one attached hydrogen (secondary N) is 2. The van der Waals surface area contributed by atoms with Gasteiger partial charge in [-0.05, 0) is 68.7 Å². The van der Waals surface area contributed by atoms with Crippen LogP contribution in [0.15, 0.2) is 65.6 Å². The molecule has 0 bridgehead atoms. The third-order valence-electron chi connectivity index (χ3n) is 5.95. The lowest BCUT2D eigenvalue weighted by Gasteiger charge is -2.16. The summed E-state index contributed by atoms with van der Waals surface area (Å²) >= 11 is 0. The Morgan fingerprint density at radius 3 is 2.47 bits per heavy atom. The van der Waals surface area contributed by atoms with Crippen molar-refractivity contribution in [2.45, 2.75) is 43.0 Å². The second kappa shape index (κ2) is 8.41. The number of aromatic nitrogens is 1. The summed E-state index contributed by atoms with van der Waals surface area (Å²) < 4.78 is 38.1. The van der Waals surface area contributed by atoms with Gasteiger partial charge in [0.1, 0.15) is 5.82 Å². The number of rotatable bonds is 7. The number of amides is 1. The minimum atomic E-state index is -3.57. The fourth-order valence-electron chi connectivity index (χ4n) is 4.05. The van der Waals surface area contributed by atoms with Gasteiger partial charge in [0.25, 0.3) is 0 Å². The van der Waals surface area contributed by atoms with E-state index in [0.717, 1.165) is 24.0 Å². The van der Waals surface area contributed by atoms with Gasteiger partial charge in [-0.1, -0.05) is 24.3 Å². The number of pyridine rings is 1. The Morgan fingerprint density at radius 1 is 1.03 bits per heavy atom. The quantitative estimate of drug-likeness (QED) is 0.518. The molecule has 8 nitrogen and oxygen atoms in total. The van der Waals surface area contributed by atoms with E-state index in [1.54, 1.807) is 44.2 Å². The van der Waals surface area contributed by atoms with E-state index in [0.29, 0.717) is 23.0 Å². The molecule has 5 rings (SSSR count). The predicted octanol–water partition coefficient (Wildman–Crippen LogP) is 4.33. The normalized spacial score (nSPS) is 15.9. The van der Waals surface area contributed by atoms with Crippen LogP contribution >= 0.6 is 0 Å². The lowest BCUT2D eigenvalue weighted by Crippen LogP contribution is -2.30. The Hall–Kier alpha value is -3.43. The third-order valence-corrected chi connectivity index (χ3v) is 7.63. The fourth-order valence-corrected chi connectivity index (χ4v) is 5.30. The largest absolute Gasteiger partial charge is 0.454 e. The summed E-state index contributed by atoms with van der Waals surface area (Å²) in [6.45, 7) is 3.73. The average molecular weight is 484 g/mol. The van der Waals surface area contributed by atoms with Gasteiger partial charge in [0.15, 0.2) is 11.5 Å². The highest BCUT2D eigenvalue weighted by Crippen LogP contribution is 2.51. The van der Waals surface area contributed by atoms with Crippen LogP contribution in [0.3, 0.4) is 0 Å². The Morgan fingerprint density at radius 2 is 1.76 bits per heavy atom. The Kier molecular flexibility index (Phi) is 5.53. The van der Waals surface area contributed by atoms with Crippen molar-refractivity contribution in [3.63, 3.8) is 0 Å². The topological polar surface area (TPSA) is 107 Å². The summed E-state index contributed by atoms with van der Waals surface area (Å²) in [5, 5.41) is 2.95. The second-order valence-electron chi connectivity index (χ2n) is 8.81. The molecule has 2 aromatic carbocycles. The summed E-state index contributed by atoms with van der Waals surface area (Å²) in [5.74, 6) is 1.67. The lowest BCUT2D eigenvalue weighted by molar-refractivity contribution is -0.118. The van der Waals surface area contributed by atoms with Crippen LogP contribution < -0.4 is 19.5 Å². The molecule has 2 heterocycles. The molecule has 1 aliphatic heterocycles. The molecule has 0 radical (unpaired) electrons. The van der Waals surface area contributed by atoms with Gasteiger partial charge in [0.2, 0.25) is 22.7 Å². The Balaban J connectivity index is 0.00000180. The summed E-state index contributed by atoms with van der Waals surface area (Å²) in [6, 6.07) is 17.3. The summed E-state index contributed by atoms with van der Waals surface area (Å²) in [5.41, 5.74) is 1.68. The maximum atomic E-state index is 13.2. The number of fused-ring (bicyclic) bond motifs is 1. The number of anilines is 1. The summed E-state index contributed by atoms with van der Waals surface area (Å²) in [6.07, 6.45) is 1.50. The SMILES string of the molecule is CC(C)NS(=O)(=O)c1ccc(-c2cccc(NC(=O)C3(c4ccc5c(c4)OCO5)CC3)n2)cc1.[HH].[HH]. The molecule has 34 heavy (non-hydrogen) atoms. The van der Waals surface area contributed by atoms with E-state index in [-0.39, 0.29) is 26.5 Å². The fraction of sp³-hybridized carbons (Fsp3) is 0.280. The number of ether oxygens (including phenoxy) is 2. The average Bonchev–Trinajstić information content (AvgIpc) is 3.49. The van der Waals surface area contributed by atoms with Crippen molar-refractivity contribution in [1.29, 1.82) is 0 Å². The first-order valence-electron chi connectivity index (χ1n) is 11.1. The number of hydrogen-bond acceptors (Lipinski definition) is 6. The molecule has 1 fully saturated rings. The molecule has 1 aliphatic carbocycles. The summed E-state index contributed by atoms with van der Waals surface area (Å²) in [7, 11) is -3.57. The van der Waals surface area contributed by atoms with Gasteiger partial charge in [0, 0.05) is 14.5 Å². The van der Waals surface area contributed by atoms with Crippen LogP contribution in [0.2, 0.25) is 0 Å². The second-order valence-corrected chi connectivity index (χ2v) is 10.5. The van der Waals surface area contributed by atoms with E-state index in [1.165, 1.54) is 0 Å². The molecule has 0 unspecified atom stereocenters. The van der Waals surface area contributed by atoms with Gasteiger partial charge < -0.3 is 14.8 Å².